The standard InChI is InChI=1S/C81H150NO8P/c1-6-8-10-12-14-16-18-20-22-24-26-28-30-32-34-36-37-38-39-40-41-42-43-44-46-47-49-51-53-55-57-59-61-63-65-67-69-71-73-80(83)87-77-79(78-89-91(85,86)88-76-75-82(3,4)5)90-81(84)74-72-70-68-66-64-62-60-58-56-54-52-50-48-45-35-33-31-29-27-25-23-21-19-17-15-13-11-9-7-2/h9,11,15,17,21,23,27,29,33,35,48,50,79H,6-8,10,12-14,16,18-20,22,24-26,28,30-32,34,36-47,49,51-78H2,1-5H3/p+1/b11-9-,17-15-,23-21-,29-27-,35-33-,50-48-. The molecule has 0 rings (SSSR count). The lowest BCUT2D eigenvalue weighted by atomic mass is 10.0. The highest BCUT2D eigenvalue weighted by Gasteiger charge is 2.27. The fraction of sp³-hybridized carbons (Fsp3) is 0.827. The third-order valence-electron chi connectivity index (χ3n) is 17.5. The third kappa shape index (κ3) is 76.4. The average Bonchev–Trinajstić information content (AvgIpc) is 3.74. The normalized spacial score (nSPS) is 13.4. The van der Waals surface area contributed by atoms with E-state index in [4.69, 9.17) is 18.5 Å². The first-order chi connectivity index (χ1) is 44.5. The SMILES string of the molecule is CC/C=C\C/C=C\C/C=C\C/C=C\C/C=C\C/C=C\CCCCCCCCCCCCC(=O)OC(COC(=O)CCCCCCCCCCCCCCCCCCCCCCCCCCCCCCCCCCCCCCCC)COP(=O)(O)OCC[N+](C)(C)C. The van der Waals surface area contributed by atoms with Crippen molar-refractivity contribution in [3.8, 4) is 0 Å². The molecule has 0 aliphatic heterocycles. The number of likely N-dealkylation sites (N-methyl/N-ethyl adjacent to an activating group) is 1. The second kappa shape index (κ2) is 71.7. The van der Waals surface area contributed by atoms with Crippen LogP contribution in [0.15, 0.2) is 72.9 Å². The summed E-state index contributed by atoms with van der Waals surface area (Å²) in [5.41, 5.74) is 0. The number of unbranched alkanes of at least 4 members (excludes halogenated alkanes) is 47. The smallest absolute Gasteiger partial charge is 0.462 e. The first-order valence-corrected chi connectivity index (χ1v) is 40.7. The first kappa shape index (κ1) is 88.5. The van der Waals surface area contributed by atoms with Crippen molar-refractivity contribution in [2.75, 3.05) is 47.5 Å². The van der Waals surface area contributed by atoms with E-state index in [0.29, 0.717) is 23.9 Å². The van der Waals surface area contributed by atoms with E-state index in [0.717, 1.165) is 83.5 Å². The quantitative estimate of drug-likeness (QED) is 0.0211. The van der Waals surface area contributed by atoms with Crippen molar-refractivity contribution in [1.82, 2.24) is 0 Å². The number of nitrogens with zero attached hydrogens (tertiary/aromatic N) is 1. The Bertz CT molecular complexity index is 1770. The van der Waals surface area contributed by atoms with Crippen molar-refractivity contribution in [1.29, 1.82) is 0 Å². The molecular formula is C81H151NO8P+. The van der Waals surface area contributed by atoms with Gasteiger partial charge < -0.3 is 18.9 Å². The minimum atomic E-state index is -4.40. The molecule has 2 unspecified atom stereocenters. The predicted octanol–water partition coefficient (Wildman–Crippen LogP) is 25.9. The molecule has 91 heavy (non-hydrogen) atoms. The lowest BCUT2D eigenvalue weighted by Crippen LogP contribution is -2.37. The number of rotatable bonds is 73. The van der Waals surface area contributed by atoms with Crippen LogP contribution in [0.5, 0.6) is 0 Å². The van der Waals surface area contributed by atoms with Gasteiger partial charge in [0.1, 0.15) is 19.8 Å². The van der Waals surface area contributed by atoms with Gasteiger partial charge in [0.15, 0.2) is 6.10 Å². The highest BCUT2D eigenvalue weighted by Crippen LogP contribution is 2.43. The molecule has 0 bridgehead atoms. The number of esters is 2. The second-order valence-electron chi connectivity index (χ2n) is 27.7. The summed E-state index contributed by atoms with van der Waals surface area (Å²) in [6, 6.07) is 0. The van der Waals surface area contributed by atoms with Crippen LogP contribution in [-0.4, -0.2) is 74.9 Å². The van der Waals surface area contributed by atoms with Gasteiger partial charge in [-0.3, -0.25) is 18.6 Å². The van der Waals surface area contributed by atoms with Crippen LogP contribution in [0.1, 0.15) is 380 Å². The molecule has 0 aliphatic carbocycles. The fourth-order valence-corrected chi connectivity index (χ4v) is 12.3. The summed E-state index contributed by atoms with van der Waals surface area (Å²) in [5, 5.41) is 0. The molecule has 0 saturated carbocycles. The Hall–Kier alpha value is -2.55. The highest BCUT2D eigenvalue weighted by molar-refractivity contribution is 7.47. The van der Waals surface area contributed by atoms with Gasteiger partial charge in [0.05, 0.1) is 27.7 Å². The summed E-state index contributed by atoms with van der Waals surface area (Å²) >= 11 is 0. The van der Waals surface area contributed by atoms with E-state index in [2.05, 4.69) is 86.8 Å². The number of carbonyl (C=O) groups is 2. The molecule has 9 nitrogen and oxygen atoms in total. The van der Waals surface area contributed by atoms with Crippen LogP contribution in [0.3, 0.4) is 0 Å². The Labute approximate surface area is 565 Å². The maximum absolute atomic E-state index is 12.9. The van der Waals surface area contributed by atoms with E-state index in [9.17, 15) is 19.0 Å². The van der Waals surface area contributed by atoms with Gasteiger partial charge in [-0.25, -0.2) is 4.57 Å². The van der Waals surface area contributed by atoms with E-state index >= 15 is 0 Å². The van der Waals surface area contributed by atoms with Crippen LogP contribution in [0.25, 0.3) is 0 Å². The Morgan fingerprint density at radius 3 is 0.934 bits per heavy atom. The lowest BCUT2D eigenvalue weighted by molar-refractivity contribution is -0.870. The molecule has 10 heteroatoms. The summed E-state index contributed by atoms with van der Waals surface area (Å²) in [7, 11) is 1.48. The number of allylic oxidation sites excluding steroid dienone is 12. The fourth-order valence-electron chi connectivity index (χ4n) is 11.6. The molecule has 2 atom stereocenters. The lowest BCUT2D eigenvalue weighted by Gasteiger charge is -2.24. The summed E-state index contributed by atoms with van der Waals surface area (Å²) in [6.07, 6.45) is 97.7. The molecule has 0 saturated heterocycles. The van der Waals surface area contributed by atoms with Gasteiger partial charge in [0.25, 0.3) is 0 Å². The second-order valence-corrected chi connectivity index (χ2v) is 29.2. The Balaban J connectivity index is 3.93. The minimum Gasteiger partial charge on any atom is -0.462 e. The van der Waals surface area contributed by atoms with Crippen LogP contribution in [-0.2, 0) is 32.7 Å². The Morgan fingerprint density at radius 1 is 0.352 bits per heavy atom. The summed E-state index contributed by atoms with van der Waals surface area (Å²) in [5.74, 6) is -0.788. The van der Waals surface area contributed by atoms with Crippen LogP contribution in [0.4, 0.5) is 0 Å². The van der Waals surface area contributed by atoms with Crippen LogP contribution in [0, 0.1) is 0 Å². The van der Waals surface area contributed by atoms with Gasteiger partial charge >= 0.3 is 19.8 Å². The summed E-state index contributed by atoms with van der Waals surface area (Å²) < 4.78 is 34.8. The molecule has 0 spiro atoms. The average molecular weight is 1300 g/mol. The van der Waals surface area contributed by atoms with E-state index in [-0.39, 0.29) is 25.6 Å². The zero-order valence-electron chi connectivity index (χ0n) is 60.8. The van der Waals surface area contributed by atoms with Crippen LogP contribution < -0.4 is 0 Å². The first-order valence-electron chi connectivity index (χ1n) is 39.2. The molecule has 0 aromatic heterocycles. The molecule has 0 aliphatic rings. The van der Waals surface area contributed by atoms with Gasteiger partial charge in [-0.1, -0.05) is 376 Å². The topological polar surface area (TPSA) is 108 Å². The van der Waals surface area contributed by atoms with Gasteiger partial charge in [0, 0.05) is 12.8 Å². The number of ether oxygens (including phenoxy) is 2. The van der Waals surface area contributed by atoms with Crippen molar-refractivity contribution in [3.63, 3.8) is 0 Å². The third-order valence-corrected chi connectivity index (χ3v) is 18.5. The molecule has 0 radical (unpaired) electrons. The minimum absolute atomic E-state index is 0.0300. The number of carbonyl (C=O) groups excluding carboxylic acids is 2. The van der Waals surface area contributed by atoms with Gasteiger partial charge in [-0.2, -0.15) is 0 Å². The maximum atomic E-state index is 12.9. The highest BCUT2D eigenvalue weighted by atomic mass is 31.2. The van der Waals surface area contributed by atoms with E-state index < -0.39 is 26.5 Å². The van der Waals surface area contributed by atoms with Gasteiger partial charge in [-0.05, 0) is 64.2 Å². The van der Waals surface area contributed by atoms with E-state index in [1.165, 1.54) is 263 Å². The molecule has 0 aromatic rings. The van der Waals surface area contributed by atoms with E-state index in [1.54, 1.807) is 0 Å². The molecular weight excluding hydrogens is 1150 g/mol. The summed E-state index contributed by atoms with van der Waals surface area (Å²) in [6.45, 7) is 4.37. The molecule has 0 amide bonds. The largest absolute Gasteiger partial charge is 0.472 e. The van der Waals surface area contributed by atoms with Crippen molar-refractivity contribution in [2.24, 2.45) is 0 Å². The van der Waals surface area contributed by atoms with Crippen molar-refractivity contribution in [3.05, 3.63) is 72.9 Å². The van der Waals surface area contributed by atoms with Crippen molar-refractivity contribution < 1.29 is 42.1 Å². The van der Waals surface area contributed by atoms with Crippen LogP contribution >= 0.6 is 7.82 Å². The van der Waals surface area contributed by atoms with Gasteiger partial charge in [-0.15, -0.1) is 0 Å². The monoisotopic (exact) mass is 1300 g/mol. The number of hydrogen-bond donors (Lipinski definition) is 1. The molecule has 532 valence electrons. The molecule has 0 aromatic carbocycles. The molecule has 0 fully saturated rings. The number of hydrogen-bond acceptors (Lipinski definition) is 7. The Kier molecular flexibility index (Phi) is 69.7. The predicted molar refractivity (Wildman–Crippen MR) is 395 cm³/mol. The molecule has 0 heterocycles. The molecule has 1 N–H and O–H groups in total. The zero-order chi connectivity index (χ0) is 66.2. The zero-order valence-corrected chi connectivity index (χ0v) is 61.7. The Morgan fingerprint density at radius 2 is 0.626 bits per heavy atom. The number of phosphoric ester groups is 1. The maximum Gasteiger partial charge on any atom is 0.472 e. The number of phosphoric acid groups is 1. The summed E-state index contributed by atoms with van der Waals surface area (Å²) in [4.78, 5) is 35.9. The van der Waals surface area contributed by atoms with Crippen molar-refractivity contribution in [2.45, 2.75) is 386 Å². The van der Waals surface area contributed by atoms with Gasteiger partial charge in [0.2, 0.25) is 0 Å². The van der Waals surface area contributed by atoms with Crippen molar-refractivity contribution >= 4 is 19.8 Å². The van der Waals surface area contributed by atoms with E-state index in [1.807, 2.05) is 21.1 Å². The van der Waals surface area contributed by atoms with Crippen LogP contribution in [0.2, 0.25) is 0 Å². The number of quaternary nitrogens is 1.